The maximum Gasteiger partial charge on any atom is 0.258 e. The summed E-state index contributed by atoms with van der Waals surface area (Å²) in [5, 5.41) is 0. The van der Waals surface area contributed by atoms with Gasteiger partial charge in [0.2, 0.25) is 0 Å². The predicted octanol–water partition coefficient (Wildman–Crippen LogP) is 1.99. The summed E-state index contributed by atoms with van der Waals surface area (Å²) in [6.45, 7) is 3.99. The minimum Gasteiger partial charge on any atom is -0.269 e. The Kier molecular flexibility index (Phi) is 2.60. The van der Waals surface area contributed by atoms with E-state index in [0.29, 0.717) is 5.69 Å². The van der Waals surface area contributed by atoms with Crippen LogP contribution in [-0.4, -0.2) is 11.8 Å². The van der Waals surface area contributed by atoms with Crippen molar-refractivity contribution in [1.29, 1.82) is 0 Å². The molecule has 1 aliphatic rings. The molecule has 82 valence electrons. The summed E-state index contributed by atoms with van der Waals surface area (Å²) in [5.74, 6) is -0.525. The van der Waals surface area contributed by atoms with Gasteiger partial charge in [-0.3, -0.25) is 9.59 Å². The van der Waals surface area contributed by atoms with Crippen LogP contribution in [0.3, 0.4) is 0 Å². The van der Waals surface area contributed by atoms with E-state index >= 15 is 0 Å². The molecule has 0 saturated heterocycles. The number of benzene rings is 1. The average molecular weight is 215 g/mol. The SMILES string of the molecule is CCc1cccc(N2C(=O)C=CC2=O)c1C. The van der Waals surface area contributed by atoms with Crippen molar-refractivity contribution in [3.05, 3.63) is 41.5 Å². The number of carbonyl (C=O) groups is 2. The van der Waals surface area contributed by atoms with Crippen molar-refractivity contribution in [2.24, 2.45) is 0 Å². The minimum absolute atomic E-state index is 0.263. The minimum atomic E-state index is -0.263. The van der Waals surface area contributed by atoms with Gasteiger partial charge in [0.15, 0.2) is 0 Å². The third-order valence-electron chi connectivity index (χ3n) is 2.85. The summed E-state index contributed by atoms with van der Waals surface area (Å²) >= 11 is 0. The van der Waals surface area contributed by atoms with Gasteiger partial charge in [-0.25, -0.2) is 4.90 Å². The number of rotatable bonds is 2. The molecule has 3 nitrogen and oxygen atoms in total. The maximum absolute atomic E-state index is 11.6. The van der Waals surface area contributed by atoms with Crippen molar-refractivity contribution in [2.45, 2.75) is 20.3 Å². The Morgan fingerprint density at radius 2 is 1.75 bits per heavy atom. The normalized spacial score (nSPS) is 15.0. The van der Waals surface area contributed by atoms with Crippen LogP contribution in [0.2, 0.25) is 0 Å². The van der Waals surface area contributed by atoms with E-state index in [-0.39, 0.29) is 11.8 Å². The molecular weight excluding hydrogens is 202 g/mol. The molecule has 2 amide bonds. The lowest BCUT2D eigenvalue weighted by atomic mass is 10.0. The number of nitrogens with zero attached hydrogens (tertiary/aromatic N) is 1. The van der Waals surface area contributed by atoms with E-state index in [0.717, 1.165) is 17.5 Å². The molecule has 1 aromatic rings. The van der Waals surface area contributed by atoms with Gasteiger partial charge in [0, 0.05) is 12.2 Å². The Morgan fingerprint density at radius 1 is 1.12 bits per heavy atom. The van der Waals surface area contributed by atoms with Crippen molar-refractivity contribution in [1.82, 2.24) is 0 Å². The summed E-state index contributed by atoms with van der Waals surface area (Å²) in [7, 11) is 0. The van der Waals surface area contributed by atoms with Gasteiger partial charge in [-0.15, -0.1) is 0 Å². The van der Waals surface area contributed by atoms with E-state index in [9.17, 15) is 9.59 Å². The summed E-state index contributed by atoms with van der Waals surface area (Å²) in [5.41, 5.74) is 2.85. The van der Waals surface area contributed by atoms with Crippen LogP contribution in [0, 0.1) is 6.92 Å². The topological polar surface area (TPSA) is 37.4 Å². The van der Waals surface area contributed by atoms with E-state index in [1.807, 2.05) is 19.1 Å². The van der Waals surface area contributed by atoms with Crippen LogP contribution in [-0.2, 0) is 16.0 Å². The van der Waals surface area contributed by atoms with E-state index in [1.54, 1.807) is 6.07 Å². The molecule has 2 rings (SSSR count). The molecule has 0 N–H and O–H groups in total. The molecule has 0 fully saturated rings. The second kappa shape index (κ2) is 3.93. The van der Waals surface area contributed by atoms with Gasteiger partial charge in [-0.05, 0) is 30.5 Å². The van der Waals surface area contributed by atoms with Gasteiger partial charge < -0.3 is 0 Å². The lowest BCUT2D eigenvalue weighted by Crippen LogP contribution is -2.30. The molecule has 1 heterocycles. The number of anilines is 1. The van der Waals surface area contributed by atoms with E-state index in [1.165, 1.54) is 17.1 Å². The standard InChI is InChI=1S/C13H13NO2/c1-3-10-5-4-6-11(9(10)2)14-12(15)7-8-13(14)16/h4-8H,3H2,1-2H3. The third-order valence-corrected chi connectivity index (χ3v) is 2.85. The average Bonchev–Trinajstić information content (AvgIpc) is 2.60. The Balaban J connectivity index is 2.49. The molecule has 0 saturated carbocycles. The quantitative estimate of drug-likeness (QED) is 0.707. The van der Waals surface area contributed by atoms with Crippen LogP contribution in [0.1, 0.15) is 18.1 Å². The van der Waals surface area contributed by atoms with Gasteiger partial charge in [0.05, 0.1) is 5.69 Å². The van der Waals surface area contributed by atoms with Gasteiger partial charge in [0.1, 0.15) is 0 Å². The van der Waals surface area contributed by atoms with Crippen LogP contribution < -0.4 is 4.90 Å². The highest BCUT2D eigenvalue weighted by atomic mass is 16.2. The first-order valence-electron chi connectivity index (χ1n) is 5.29. The first-order valence-corrected chi connectivity index (χ1v) is 5.29. The zero-order chi connectivity index (χ0) is 11.7. The zero-order valence-corrected chi connectivity index (χ0v) is 9.36. The molecule has 3 heteroatoms. The number of hydrogen-bond donors (Lipinski definition) is 0. The fourth-order valence-electron chi connectivity index (χ4n) is 1.93. The van der Waals surface area contributed by atoms with Crippen LogP contribution in [0.5, 0.6) is 0 Å². The van der Waals surface area contributed by atoms with Crippen molar-refractivity contribution in [3.8, 4) is 0 Å². The second-order valence-corrected chi connectivity index (χ2v) is 3.76. The smallest absolute Gasteiger partial charge is 0.258 e. The summed E-state index contributed by atoms with van der Waals surface area (Å²) < 4.78 is 0. The molecule has 1 aliphatic heterocycles. The summed E-state index contributed by atoms with van der Waals surface area (Å²) in [6.07, 6.45) is 3.50. The maximum atomic E-state index is 11.6. The van der Waals surface area contributed by atoms with E-state index in [4.69, 9.17) is 0 Å². The molecule has 0 unspecified atom stereocenters. The highest BCUT2D eigenvalue weighted by Crippen LogP contribution is 2.26. The van der Waals surface area contributed by atoms with Crippen molar-refractivity contribution in [3.63, 3.8) is 0 Å². The molecule has 0 bridgehead atoms. The number of aryl methyl sites for hydroxylation is 1. The Labute approximate surface area is 94.4 Å². The van der Waals surface area contributed by atoms with Crippen molar-refractivity contribution < 1.29 is 9.59 Å². The third kappa shape index (κ3) is 1.54. The van der Waals surface area contributed by atoms with E-state index in [2.05, 4.69) is 6.92 Å². The number of amides is 2. The molecule has 0 aliphatic carbocycles. The highest BCUT2D eigenvalue weighted by molar-refractivity contribution is 6.28. The van der Waals surface area contributed by atoms with Crippen LogP contribution >= 0.6 is 0 Å². The highest BCUT2D eigenvalue weighted by Gasteiger charge is 2.26. The van der Waals surface area contributed by atoms with Crippen molar-refractivity contribution >= 4 is 17.5 Å². The fraction of sp³-hybridized carbons (Fsp3) is 0.231. The molecule has 0 radical (unpaired) electrons. The summed E-state index contributed by atoms with van der Waals surface area (Å²) in [6, 6.07) is 5.69. The van der Waals surface area contributed by atoms with Gasteiger partial charge in [-0.1, -0.05) is 19.1 Å². The molecule has 0 spiro atoms. The van der Waals surface area contributed by atoms with Crippen LogP contribution in [0.15, 0.2) is 30.4 Å². The van der Waals surface area contributed by atoms with Gasteiger partial charge in [0.25, 0.3) is 11.8 Å². The Morgan fingerprint density at radius 3 is 2.31 bits per heavy atom. The predicted molar refractivity (Wildman–Crippen MR) is 62.2 cm³/mol. The van der Waals surface area contributed by atoms with Gasteiger partial charge in [-0.2, -0.15) is 0 Å². The molecular formula is C13H13NO2. The number of carbonyl (C=O) groups excluding carboxylic acids is 2. The van der Waals surface area contributed by atoms with E-state index < -0.39 is 0 Å². The van der Waals surface area contributed by atoms with Crippen LogP contribution in [0.4, 0.5) is 5.69 Å². The Bertz CT molecular complexity index is 471. The summed E-state index contributed by atoms with van der Waals surface area (Å²) in [4.78, 5) is 24.3. The number of imide groups is 1. The van der Waals surface area contributed by atoms with Crippen LogP contribution in [0.25, 0.3) is 0 Å². The molecule has 0 atom stereocenters. The van der Waals surface area contributed by atoms with Crippen molar-refractivity contribution in [2.75, 3.05) is 4.90 Å². The fourth-order valence-corrected chi connectivity index (χ4v) is 1.93. The molecule has 16 heavy (non-hydrogen) atoms. The second-order valence-electron chi connectivity index (χ2n) is 3.76. The van der Waals surface area contributed by atoms with Gasteiger partial charge >= 0.3 is 0 Å². The first kappa shape index (κ1) is 10.6. The monoisotopic (exact) mass is 215 g/mol. The molecule has 0 aromatic heterocycles. The molecule has 1 aromatic carbocycles. The first-order chi connectivity index (χ1) is 7.65. The number of hydrogen-bond acceptors (Lipinski definition) is 2. The lowest BCUT2D eigenvalue weighted by molar-refractivity contribution is -0.119. The Hall–Kier alpha value is -1.90. The zero-order valence-electron chi connectivity index (χ0n) is 9.36. The largest absolute Gasteiger partial charge is 0.269 e. The lowest BCUT2D eigenvalue weighted by Gasteiger charge is -2.18.